The predicted molar refractivity (Wildman–Crippen MR) is 110 cm³/mol. The molecule has 1 aliphatic heterocycles. The average molecular weight is 395 g/mol. The molecule has 150 valence electrons. The number of unbranched alkanes of at least 4 members (excludes halogenated alkanes) is 1. The average Bonchev–Trinajstić information content (AvgIpc) is 2.67. The van der Waals surface area contributed by atoms with Crippen molar-refractivity contribution >= 4 is 23.5 Å². The minimum Gasteiger partial charge on any atom is -0.382 e. The lowest BCUT2D eigenvalue weighted by Crippen LogP contribution is -2.55. The summed E-state index contributed by atoms with van der Waals surface area (Å²) < 4.78 is 5.35. The standard InChI is InChI=1S/C20H31ClN4O2/c1-3-22-20(23-11-5-6-14-27-4-2)25-13-12-24(19(26)16-25)15-17-7-9-18(21)10-8-17/h7-10H,3-6,11-16H2,1-2H3,(H,22,23). The number of guanidine groups is 1. The second-order valence-electron chi connectivity index (χ2n) is 6.50. The van der Waals surface area contributed by atoms with Gasteiger partial charge in [0.05, 0.1) is 6.54 Å². The summed E-state index contributed by atoms with van der Waals surface area (Å²) in [6, 6.07) is 7.66. The van der Waals surface area contributed by atoms with Crippen molar-refractivity contribution in [1.82, 2.24) is 15.1 Å². The Balaban J connectivity index is 1.85. The number of nitrogens with one attached hydrogen (secondary N) is 1. The first-order valence-corrected chi connectivity index (χ1v) is 10.1. The fourth-order valence-electron chi connectivity index (χ4n) is 2.94. The number of halogens is 1. The van der Waals surface area contributed by atoms with Gasteiger partial charge in [-0.15, -0.1) is 0 Å². The third-order valence-corrected chi connectivity index (χ3v) is 4.65. The van der Waals surface area contributed by atoms with E-state index in [4.69, 9.17) is 16.3 Å². The lowest BCUT2D eigenvalue weighted by Gasteiger charge is -2.36. The zero-order valence-electron chi connectivity index (χ0n) is 16.4. The van der Waals surface area contributed by atoms with Gasteiger partial charge in [0.1, 0.15) is 0 Å². The van der Waals surface area contributed by atoms with Crippen molar-refractivity contribution in [3.63, 3.8) is 0 Å². The first kappa shape index (κ1) is 21.5. The Morgan fingerprint density at radius 2 is 2.00 bits per heavy atom. The smallest absolute Gasteiger partial charge is 0.242 e. The molecule has 0 bridgehead atoms. The molecule has 6 nitrogen and oxygen atoms in total. The molecule has 0 unspecified atom stereocenters. The second-order valence-corrected chi connectivity index (χ2v) is 6.94. The van der Waals surface area contributed by atoms with Gasteiger partial charge in [-0.3, -0.25) is 9.79 Å². The van der Waals surface area contributed by atoms with Crippen LogP contribution in [0.1, 0.15) is 32.3 Å². The van der Waals surface area contributed by atoms with E-state index in [0.717, 1.165) is 57.2 Å². The molecule has 0 spiro atoms. The number of hydrogen-bond acceptors (Lipinski definition) is 3. The van der Waals surface area contributed by atoms with Gasteiger partial charge in [0.2, 0.25) is 5.91 Å². The number of ether oxygens (including phenoxy) is 1. The number of aliphatic imine (C=N–C) groups is 1. The van der Waals surface area contributed by atoms with Gasteiger partial charge < -0.3 is 19.9 Å². The highest BCUT2D eigenvalue weighted by Gasteiger charge is 2.25. The van der Waals surface area contributed by atoms with Crippen LogP contribution in [0.5, 0.6) is 0 Å². The van der Waals surface area contributed by atoms with E-state index in [1.54, 1.807) is 0 Å². The summed E-state index contributed by atoms with van der Waals surface area (Å²) in [5, 5.41) is 4.02. The topological polar surface area (TPSA) is 57.2 Å². The lowest BCUT2D eigenvalue weighted by atomic mass is 10.2. The van der Waals surface area contributed by atoms with Gasteiger partial charge in [0.25, 0.3) is 0 Å². The second kappa shape index (κ2) is 11.8. The Morgan fingerprint density at radius 1 is 1.22 bits per heavy atom. The Hall–Kier alpha value is -1.79. The zero-order valence-corrected chi connectivity index (χ0v) is 17.2. The molecule has 1 heterocycles. The van der Waals surface area contributed by atoms with E-state index >= 15 is 0 Å². The predicted octanol–water partition coefficient (Wildman–Crippen LogP) is 2.77. The highest BCUT2D eigenvalue weighted by Crippen LogP contribution is 2.13. The van der Waals surface area contributed by atoms with Crippen molar-refractivity contribution < 1.29 is 9.53 Å². The molecule has 0 radical (unpaired) electrons. The number of hydrogen-bond donors (Lipinski definition) is 1. The van der Waals surface area contributed by atoms with Crippen molar-refractivity contribution in [2.75, 3.05) is 45.9 Å². The van der Waals surface area contributed by atoms with E-state index in [0.29, 0.717) is 24.7 Å². The summed E-state index contributed by atoms with van der Waals surface area (Å²) in [7, 11) is 0. The largest absolute Gasteiger partial charge is 0.382 e. The van der Waals surface area contributed by atoms with Crippen LogP contribution in [0.25, 0.3) is 0 Å². The van der Waals surface area contributed by atoms with Crippen molar-refractivity contribution in [3.05, 3.63) is 34.9 Å². The molecule has 1 aliphatic rings. The number of carbonyl (C=O) groups is 1. The highest BCUT2D eigenvalue weighted by atomic mass is 35.5. The maximum absolute atomic E-state index is 12.6. The third-order valence-electron chi connectivity index (χ3n) is 4.40. The minimum atomic E-state index is 0.123. The van der Waals surface area contributed by atoms with Crippen LogP contribution in [0.3, 0.4) is 0 Å². The Morgan fingerprint density at radius 3 is 2.67 bits per heavy atom. The molecule has 0 aliphatic carbocycles. The fraction of sp³-hybridized carbons (Fsp3) is 0.600. The third kappa shape index (κ3) is 7.39. The molecule has 2 rings (SSSR count). The first-order chi connectivity index (χ1) is 13.1. The highest BCUT2D eigenvalue weighted by molar-refractivity contribution is 6.30. The Kier molecular flexibility index (Phi) is 9.42. The summed E-state index contributed by atoms with van der Waals surface area (Å²) in [5.41, 5.74) is 1.09. The van der Waals surface area contributed by atoms with Gasteiger partial charge >= 0.3 is 0 Å². The van der Waals surface area contributed by atoms with E-state index in [2.05, 4.69) is 10.3 Å². The molecule has 27 heavy (non-hydrogen) atoms. The molecule has 1 saturated heterocycles. The fourth-order valence-corrected chi connectivity index (χ4v) is 3.06. The van der Waals surface area contributed by atoms with Crippen molar-refractivity contribution in [3.8, 4) is 0 Å². The van der Waals surface area contributed by atoms with Crippen LogP contribution in [-0.4, -0.2) is 67.6 Å². The van der Waals surface area contributed by atoms with Gasteiger partial charge in [-0.1, -0.05) is 23.7 Å². The molecule has 1 aromatic rings. The first-order valence-electron chi connectivity index (χ1n) is 9.77. The molecule has 7 heteroatoms. The van der Waals surface area contributed by atoms with Crippen LogP contribution in [0, 0.1) is 0 Å². The van der Waals surface area contributed by atoms with Gasteiger partial charge in [0.15, 0.2) is 5.96 Å². The summed E-state index contributed by atoms with van der Waals surface area (Å²) in [4.78, 5) is 21.2. The molecular formula is C20H31ClN4O2. The van der Waals surface area contributed by atoms with E-state index in [1.165, 1.54) is 0 Å². The zero-order chi connectivity index (χ0) is 19.5. The van der Waals surface area contributed by atoms with Gasteiger partial charge in [0, 0.05) is 51.0 Å². The number of rotatable bonds is 9. The SMILES string of the molecule is CCNC(=NCCCCOCC)N1CCN(Cc2ccc(Cl)cc2)C(=O)C1. The molecule has 1 amide bonds. The molecule has 0 saturated carbocycles. The van der Waals surface area contributed by atoms with Crippen LogP contribution in [0.4, 0.5) is 0 Å². The van der Waals surface area contributed by atoms with E-state index in [-0.39, 0.29) is 5.91 Å². The number of nitrogens with zero attached hydrogens (tertiary/aromatic N) is 3. The molecule has 1 aromatic carbocycles. The quantitative estimate of drug-likeness (QED) is 0.397. The maximum atomic E-state index is 12.6. The van der Waals surface area contributed by atoms with Crippen LogP contribution in [-0.2, 0) is 16.1 Å². The summed E-state index contributed by atoms with van der Waals surface area (Å²) in [6.45, 7) is 9.58. The maximum Gasteiger partial charge on any atom is 0.242 e. The van der Waals surface area contributed by atoms with Gasteiger partial charge in [-0.25, -0.2) is 0 Å². The summed E-state index contributed by atoms with van der Waals surface area (Å²) in [5.74, 6) is 0.951. The molecule has 1 N–H and O–H groups in total. The molecule has 0 atom stereocenters. The van der Waals surface area contributed by atoms with Gasteiger partial charge in [-0.2, -0.15) is 0 Å². The Bertz CT molecular complexity index is 607. The molecular weight excluding hydrogens is 364 g/mol. The van der Waals surface area contributed by atoms with Crippen LogP contribution < -0.4 is 5.32 Å². The Labute approximate surface area is 167 Å². The lowest BCUT2D eigenvalue weighted by molar-refractivity contribution is -0.135. The molecule has 0 aromatic heterocycles. The molecule has 1 fully saturated rings. The normalized spacial score (nSPS) is 15.4. The van der Waals surface area contributed by atoms with Crippen LogP contribution in [0.15, 0.2) is 29.3 Å². The van der Waals surface area contributed by atoms with E-state index in [1.807, 2.05) is 47.9 Å². The monoisotopic (exact) mass is 394 g/mol. The van der Waals surface area contributed by atoms with E-state index in [9.17, 15) is 4.79 Å². The summed E-state index contributed by atoms with van der Waals surface area (Å²) >= 11 is 5.93. The number of benzene rings is 1. The van der Waals surface area contributed by atoms with Crippen molar-refractivity contribution in [1.29, 1.82) is 0 Å². The number of carbonyl (C=O) groups excluding carboxylic acids is 1. The van der Waals surface area contributed by atoms with Crippen molar-refractivity contribution in [2.24, 2.45) is 4.99 Å². The van der Waals surface area contributed by atoms with Crippen LogP contribution in [0.2, 0.25) is 5.02 Å². The minimum absolute atomic E-state index is 0.123. The van der Waals surface area contributed by atoms with Crippen LogP contribution >= 0.6 is 11.6 Å². The van der Waals surface area contributed by atoms with E-state index < -0.39 is 0 Å². The number of piperazine rings is 1. The number of amides is 1. The summed E-state index contributed by atoms with van der Waals surface area (Å²) in [6.07, 6.45) is 1.99. The van der Waals surface area contributed by atoms with Gasteiger partial charge in [-0.05, 0) is 44.4 Å². The van der Waals surface area contributed by atoms with Crippen molar-refractivity contribution in [2.45, 2.75) is 33.2 Å².